The zero-order chi connectivity index (χ0) is 19.7. The van der Waals surface area contributed by atoms with Gasteiger partial charge in [-0.05, 0) is 41.0 Å². The maximum atomic E-state index is 11.6. The Bertz CT molecular complexity index is 417. The molecule has 0 aromatic carbocycles. The fourth-order valence-corrected chi connectivity index (χ4v) is 1.75. The molecule has 0 heterocycles. The third-order valence-corrected chi connectivity index (χ3v) is 3.72. The number of carbonyl (C=O) groups is 1. The summed E-state index contributed by atoms with van der Waals surface area (Å²) in [5, 5.41) is 9.49. The molecule has 0 fully saturated rings. The second kappa shape index (κ2) is 10.1. The van der Waals surface area contributed by atoms with Gasteiger partial charge in [0, 0.05) is 6.42 Å². The molecule has 0 saturated carbocycles. The van der Waals surface area contributed by atoms with Crippen molar-refractivity contribution in [3.63, 3.8) is 0 Å². The number of hydrogen-bond donors (Lipinski definition) is 1. The van der Waals surface area contributed by atoms with Crippen LogP contribution < -0.4 is 0 Å². The fourth-order valence-electron chi connectivity index (χ4n) is 1.75. The summed E-state index contributed by atoms with van der Waals surface area (Å²) >= 11 is 0. The Hall–Kier alpha value is -1.21. The molecule has 0 aromatic heterocycles. The summed E-state index contributed by atoms with van der Waals surface area (Å²) < 4.78 is 0. The Labute approximate surface area is 151 Å². The molecule has 0 aliphatic carbocycles. The van der Waals surface area contributed by atoms with E-state index in [1.807, 2.05) is 6.92 Å². The van der Waals surface area contributed by atoms with Crippen molar-refractivity contribution in [3.8, 4) is 0 Å². The molecule has 6 nitrogen and oxygen atoms in total. The second-order valence-corrected chi connectivity index (χ2v) is 7.46. The van der Waals surface area contributed by atoms with Gasteiger partial charge in [-0.25, -0.2) is 9.78 Å². The molecular formula is C19H34O6. The molecule has 25 heavy (non-hydrogen) atoms. The lowest BCUT2D eigenvalue weighted by atomic mass is 9.94. The SMILES string of the molecule is C=CC(C)(C)OOC(C)(CC(CCCC)C(=O)O)OOC(C)(C)C=C. The first-order valence-corrected chi connectivity index (χ1v) is 8.64. The van der Waals surface area contributed by atoms with Gasteiger partial charge in [-0.3, -0.25) is 4.79 Å². The van der Waals surface area contributed by atoms with Crippen molar-refractivity contribution in [2.24, 2.45) is 5.92 Å². The summed E-state index contributed by atoms with van der Waals surface area (Å²) in [4.78, 5) is 33.3. The maximum absolute atomic E-state index is 11.6. The van der Waals surface area contributed by atoms with E-state index in [9.17, 15) is 9.90 Å². The van der Waals surface area contributed by atoms with Crippen LogP contribution in [0.1, 0.15) is 67.2 Å². The summed E-state index contributed by atoms with van der Waals surface area (Å²) in [5.74, 6) is -2.95. The van der Waals surface area contributed by atoms with Crippen LogP contribution in [0, 0.1) is 5.92 Å². The molecule has 0 spiro atoms. The number of carboxylic acid groups (broad SMARTS) is 1. The fraction of sp³-hybridized carbons (Fsp3) is 0.737. The number of unbranched alkanes of at least 4 members (excludes halogenated alkanes) is 1. The monoisotopic (exact) mass is 358 g/mol. The van der Waals surface area contributed by atoms with E-state index in [0.717, 1.165) is 12.8 Å². The maximum Gasteiger partial charge on any atom is 0.306 e. The van der Waals surface area contributed by atoms with E-state index >= 15 is 0 Å². The normalized spacial score (nSPS) is 14.2. The highest BCUT2D eigenvalue weighted by Crippen LogP contribution is 2.30. The van der Waals surface area contributed by atoms with Gasteiger partial charge in [-0.1, -0.05) is 31.9 Å². The van der Waals surface area contributed by atoms with Crippen molar-refractivity contribution in [2.75, 3.05) is 0 Å². The number of hydrogen-bond acceptors (Lipinski definition) is 5. The largest absolute Gasteiger partial charge is 0.481 e. The lowest BCUT2D eigenvalue weighted by Crippen LogP contribution is -2.41. The van der Waals surface area contributed by atoms with Gasteiger partial charge in [0.2, 0.25) is 5.79 Å². The molecule has 0 aromatic rings. The van der Waals surface area contributed by atoms with E-state index in [1.165, 1.54) is 0 Å². The van der Waals surface area contributed by atoms with E-state index in [2.05, 4.69) is 13.2 Å². The first kappa shape index (κ1) is 23.8. The van der Waals surface area contributed by atoms with Gasteiger partial charge in [0.1, 0.15) is 11.2 Å². The predicted octanol–water partition coefficient (Wildman–Crippen LogP) is 4.81. The van der Waals surface area contributed by atoms with E-state index in [4.69, 9.17) is 19.6 Å². The molecule has 146 valence electrons. The smallest absolute Gasteiger partial charge is 0.306 e. The van der Waals surface area contributed by atoms with Crippen LogP contribution in [0.3, 0.4) is 0 Å². The van der Waals surface area contributed by atoms with E-state index in [-0.39, 0.29) is 6.42 Å². The number of aliphatic carboxylic acids is 1. The van der Waals surface area contributed by atoms with E-state index in [1.54, 1.807) is 46.8 Å². The Morgan fingerprint density at radius 3 is 1.76 bits per heavy atom. The highest BCUT2D eigenvalue weighted by atomic mass is 17.3. The summed E-state index contributed by atoms with van der Waals surface area (Å²) in [7, 11) is 0. The van der Waals surface area contributed by atoms with Gasteiger partial charge < -0.3 is 5.11 Å². The molecule has 0 saturated heterocycles. The van der Waals surface area contributed by atoms with Crippen LogP contribution in [0.2, 0.25) is 0 Å². The van der Waals surface area contributed by atoms with E-state index in [0.29, 0.717) is 6.42 Å². The second-order valence-electron chi connectivity index (χ2n) is 7.46. The lowest BCUT2D eigenvalue weighted by molar-refractivity contribution is -0.534. The molecule has 0 bridgehead atoms. The summed E-state index contributed by atoms with van der Waals surface area (Å²) in [5.41, 5.74) is -1.53. The van der Waals surface area contributed by atoms with Crippen LogP contribution in [0.15, 0.2) is 25.3 Å². The van der Waals surface area contributed by atoms with Gasteiger partial charge in [0.15, 0.2) is 0 Å². The highest BCUT2D eigenvalue weighted by molar-refractivity contribution is 5.70. The highest BCUT2D eigenvalue weighted by Gasteiger charge is 2.38. The van der Waals surface area contributed by atoms with Gasteiger partial charge in [-0.2, -0.15) is 9.78 Å². The molecule has 0 amide bonds. The molecule has 1 atom stereocenters. The van der Waals surface area contributed by atoms with Crippen molar-refractivity contribution in [1.29, 1.82) is 0 Å². The molecule has 0 radical (unpaired) electrons. The van der Waals surface area contributed by atoms with Gasteiger partial charge in [-0.15, -0.1) is 13.2 Å². The van der Waals surface area contributed by atoms with Crippen LogP contribution in [-0.4, -0.2) is 28.1 Å². The molecule has 0 aliphatic rings. The van der Waals surface area contributed by atoms with Crippen molar-refractivity contribution < 1.29 is 29.5 Å². The minimum absolute atomic E-state index is 0.0722. The van der Waals surface area contributed by atoms with Crippen LogP contribution in [0.25, 0.3) is 0 Å². The zero-order valence-electron chi connectivity index (χ0n) is 16.5. The van der Waals surface area contributed by atoms with Crippen molar-refractivity contribution in [1.82, 2.24) is 0 Å². The predicted molar refractivity (Wildman–Crippen MR) is 96.6 cm³/mol. The van der Waals surface area contributed by atoms with Crippen molar-refractivity contribution in [2.45, 2.75) is 84.2 Å². The topological polar surface area (TPSA) is 74.2 Å². The number of rotatable bonds is 14. The van der Waals surface area contributed by atoms with Gasteiger partial charge >= 0.3 is 5.97 Å². The Morgan fingerprint density at radius 1 is 1.00 bits per heavy atom. The van der Waals surface area contributed by atoms with Crippen LogP contribution in [-0.2, 0) is 24.3 Å². The zero-order valence-corrected chi connectivity index (χ0v) is 16.5. The number of carboxylic acids is 1. The van der Waals surface area contributed by atoms with Crippen molar-refractivity contribution >= 4 is 5.97 Å². The standard InChI is InChI=1S/C19H34O6/c1-9-12-13-15(16(20)21)14-19(8,24-22-17(4,5)10-2)25-23-18(6,7)11-3/h10-11,15H,2-3,9,12-14H2,1,4-8H3,(H,20,21). The average Bonchev–Trinajstić information content (AvgIpc) is 2.55. The van der Waals surface area contributed by atoms with E-state index < -0.39 is 28.9 Å². The Kier molecular flexibility index (Phi) is 9.58. The Balaban J connectivity index is 5.22. The first-order chi connectivity index (χ1) is 11.4. The van der Waals surface area contributed by atoms with Crippen LogP contribution in [0.4, 0.5) is 0 Å². The van der Waals surface area contributed by atoms with Crippen LogP contribution >= 0.6 is 0 Å². The van der Waals surface area contributed by atoms with Gasteiger partial charge in [0.05, 0.1) is 5.92 Å². The third-order valence-electron chi connectivity index (χ3n) is 3.72. The molecule has 0 aliphatic heterocycles. The lowest BCUT2D eigenvalue weighted by Gasteiger charge is -2.34. The van der Waals surface area contributed by atoms with Gasteiger partial charge in [0.25, 0.3) is 0 Å². The summed E-state index contributed by atoms with van der Waals surface area (Å²) in [6.07, 6.45) is 5.45. The van der Waals surface area contributed by atoms with Crippen molar-refractivity contribution in [3.05, 3.63) is 25.3 Å². The van der Waals surface area contributed by atoms with Crippen LogP contribution in [0.5, 0.6) is 0 Å². The minimum Gasteiger partial charge on any atom is -0.481 e. The average molecular weight is 358 g/mol. The third kappa shape index (κ3) is 9.75. The molecule has 1 unspecified atom stereocenters. The Morgan fingerprint density at radius 2 is 1.44 bits per heavy atom. The summed E-state index contributed by atoms with van der Waals surface area (Å²) in [6.45, 7) is 18.0. The molecule has 1 N–H and O–H groups in total. The molecule has 0 rings (SSSR count). The molecule has 6 heteroatoms. The first-order valence-electron chi connectivity index (χ1n) is 8.64. The minimum atomic E-state index is -1.41. The summed E-state index contributed by atoms with van der Waals surface area (Å²) in [6, 6.07) is 0. The molecular weight excluding hydrogens is 324 g/mol. The quantitative estimate of drug-likeness (QED) is 0.208.